The highest BCUT2D eigenvalue weighted by Crippen LogP contribution is 2.24. The molecule has 0 bridgehead atoms. The average molecular weight is 286 g/mol. The molecule has 1 N–H and O–H groups in total. The van der Waals surface area contributed by atoms with Gasteiger partial charge in [-0.3, -0.25) is 10.1 Å². The maximum Gasteiger partial charge on any atom is 0.269 e. The molecule has 2 aromatic carbocycles. The van der Waals surface area contributed by atoms with Crippen LogP contribution in [0.2, 0.25) is 0 Å². The van der Waals surface area contributed by atoms with E-state index in [-0.39, 0.29) is 12.3 Å². The number of rotatable bonds is 5. The van der Waals surface area contributed by atoms with Crippen LogP contribution in [0.3, 0.4) is 0 Å². The quantitative estimate of drug-likeness (QED) is 0.670. The van der Waals surface area contributed by atoms with E-state index in [0.29, 0.717) is 0 Å². The van der Waals surface area contributed by atoms with Gasteiger partial charge in [0.25, 0.3) is 5.69 Å². The van der Waals surface area contributed by atoms with Gasteiger partial charge in [-0.1, -0.05) is 6.07 Å². The monoisotopic (exact) mass is 286 g/mol. The summed E-state index contributed by atoms with van der Waals surface area (Å²) in [4.78, 5) is 10.5. The Hall–Kier alpha value is -2.56. The highest BCUT2D eigenvalue weighted by Gasteiger charge is 2.11. The molecule has 0 atom stereocenters. The first-order valence-electron chi connectivity index (χ1n) is 6.66. The molecule has 0 fully saturated rings. The zero-order chi connectivity index (χ0) is 15.4. The van der Waals surface area contributed by atoms with Crippen molar-refractivity contribution in [2.75, 3.05) is 12.4 Å². The molecule has 5 nitrogen and oxygen atoms in total. The van der Waals surface area contributed by atoms with E-state index in [9.17, 15) is 10.1 Å². The molecule has 0 radical (unpaired) electrons. The molecule has 110 valence electrons. The number of hydrogen-bond donors (Lipinski definition) is 1. The summed E-state index contributed by atoms with van der Waals surface area (Å²) in [5.41, 5.74) is 3.89. The van der Waals surface area contributed by atoms with Gasteiger partial charge in [-0.05, 0) is 43.2 Å². The van der Waals surface area contributed by atoms with Crippen molar-refractivity contribution in [3.8, 4) is 5.75 Å². The molecule has 0 unspecified atom stereocenters. The molecule has 0 aromatic heterocycles. The Kier molecular flexibility index (Phi) is 4.42. The Bertz CT molecular complexity index is 648. The van der Waals surface area contributed by atoms with Gasteiger partial charge in [0, 0.05) is 30.4 Å². The van der Waals surface area contributed by atoms with Crippen molar-refractivity contribution in [3.63, 3.8) is 0 Å². The fourth-order valence-corrected chi connectivity index (χ4v) is 2.23. The van der Waals surface area contributed by atoms with Crippen LogP contribution in [0.25, 0.3) is 0 Å². The summed E-state index contributed by atoms with van der Waals surface area (Å²) < 4.78 is 5.77. The standard InChI is InChI=1S/C16H18N2O3/c1-11-6-12(2)8-15(7-11)21-10-13-9-14(18(19)20)4-5-16(13)17-3/h4-9,17H,10H2,1-3H3. The lowest BCUT2D eigenvalue weighted by molar-refractivity contribution is -0.384. The first-order chi connectivity index (χ1) is 9.99. The second kappa shape index (κ2) is 6.26. The third-order valence-electron chi connectivity index (χ3n) is 3.16. The number of non-ortho nitro benzene ring substituents is 1. The maximum absolute atomic E-state index is 10.9. The van der Waals surface area contributed by atoms with Crippen LogP contribution in [0.15, 0.2) is 36.4 Å². The molecule has 0 aliphatic carbocycles. The van der Waals surface area contributed by atoms with E-state index in [1.165, 1.54) is 12.1 Å². The number of benzene rings is 2. The van der Waals surface area contributed by atoms with Crippen LogP contribution >= 0.6 is 0 Å². The normalized spacial score (nSPS) is 10.2. The summed E-state index contributed by atoms with van der Waals surface area (Å²) in [7, 11) is 1.78. The molecule has 0 saturated heterocycles. The lowest BCUT2D eigenvalue weighted by Gasteiger charge is -2.12. The predicted octanol–water partition coefficient (Wildman–Crippen LogP) is 3.83. The van der Waals surface area contributed by atoms with Crippen molar-refractivity contribution in [2.45, 2.75) is 20.5 Å². The molecule has 0 saturated carbocycles. The van der Waals surface area contributed by atoms with Gasteiger partial charge in [0.2, 0.25) is 0 Å². The second-order valence-corrected chi connectivity index (χ2v) is 4.96. The van der Waals surface area contributed by atoms with Crippen LogP contribution in [0, 0.1) is 24.0 Å². The SMILES string of the molecule is CNc1ccc([N+](=O)[O-])cc1COc1cc(C)cc(C)c1. The van der Waals surface area contributed by atoms with Gasteiger partial charge in [0.05, 0.1) is 4.92 Å². The fraction of sp³-hybridized carbons (Fsp3) is 0.250. The molecule has 0 aliphatic rings. The lowest BCUT2D eigenvalue weighted by atomic mass is 10.1. The van der Waals surface area contributed by atoms with Crippen LogP contribution in [0.4, 0.5) is 11.4 Å². The minimum atomic E-state index is -0.403. The van der Waals surface area contributed by atoms with Gasteiger partial charge in [-0.2, -0.15) is 0 Å². The molecule has 5 heteroatoms. The summed E-state index contributed by atoms with van der Waals surface area (Å²) in [6.45, 7) is 4.29. The van der Waals surface area contributed by atoms with E-state index in [1.807, 2.05) is 26.0 Å². The summed E-state index contributed by atoms with van der Waals surface area (Å²) in [6.07, 6.45) is 0. The Morgan fingerprint density at radius 1 is 1.14 bits per heavy atom. The Balaban J connectivity index is 2.21. The minimum absolute atomic E-state index is 0.0630. The zero-order valence-electron chi connectivity index (χ0n) is 12.3. The number of anilines is 1. The number of nitrogens with one attached hydrogen (secondary N) is 1. The smallest absolute Gasteiger partial charge is 0.269 e. The minimum Gasteiger partial charge on any atom is -0.489 e. The van der Waals surface area contributed by atoms with E-state index in [4.69, 9.17) is 4.74 Å². The molecule has 0 aliphatic heterocycles. The molecule has 0 heterocycles. The highest BCUT2D eigenvalue weighted by atomic mass is 16.6. The maximum atomic E-state index is 10.9. The largest absolute Gasteiger partial charge is 0.489 e. The van der Waals surface area contributed by atoms with Gasteiger partial charge in [-0.15, -0.1) is 0 Å². The van der Waals surface area contributed by atoms with Crippen LogP contribution in [0.5, 0.6) is 5.75 Å². The van der Waals surface area contributed by atoms with Gasteiger partial charge < -0.3 is 10.1 Å². The first-order valence-corrected chi connectivity index (χ1v) is 6.66. The van der Waals surface area contributed by atoms with E-state index >= 15 is 0 Å². The van der Waals surface area contributed by atoms with E-state index < -0.39 is 4.92 Å². The van der Waals surface area contributed by atoms with Crippen molar-refractivity contribution in [1.29, 1.82) is 0 Å². The van der Waals surface area contributed by atoms with Crippen molar-refractivity contribution < 1.29 is 9.66 Å². The first kappa shape index (κ1) is 14.8. The second-order valence-electron chi connectivity index (χ2n) is 4.96. The fourth-order valence-electron chi connectivity index (χ4n) is 2.23. The van der Waals surface area contributed by atoms with Crippen molar-refractivity contribution in [2.24, 2.45) is 0 Å². The van der Waals surface area contributed by atoms with Gasteiger partial charge in [-0.25, -0.2) is 0 Å². The number of aryl methyl sites for hydroxylation is 2. The molecule has 21 heavy (non-hydrogen) atoms. The Labute approximate surface area is 123 Å². The van der Waals surface area contributed by atoms with E-state index in [0.717, 1.165) is 28.1 Å². The number of nitro benzene ring substituents is 1. The molecule has 0 spiro atoms. The van der Waals surface area contributed by atoms with Crippen molar-refractivity contribution >= 4 is 11.4 Å². The summed E-state index contributed by atoms with van der Waals surface area (Å²) in [5, 5.41) is 13.9. The summed E-state index contributed by atoms with van der Waals surface area (Å²) in [5.74, 6) is 0.765. The Morgan fingerprint density at radius 2 is 1.81 bits per heavy atom. The molecule has 2 rings (SSSR count). The zero-order valence-corrected chi connectivity index (χ0v) is 12.3. The summed E-state index contributed by atoms with van der Waals surface area (Å²) in [6, 6.07) is 10.7. The van der Waals surface area contributed by atoms with Crippen LogP contribution in [-0.4, -0.2) is 12.0 Å². The van der Waals surface area contributed by atoms with Crippen molar-refractivity contribution in [1.82, 2.24) is 0 Å². The van der Waals surface area contributed by atoms with Crippen molar-refractivity contribution in [3.05, 3.63) is 63.2 Å². The number of nitro groups is 1. The molecule has 2 aromatic rings. The van der Waals surface area contributed by atoms with Gasteiger partial charge in [0.15, 0.2) is 0 Å². The van der Waals surface area contributed by atoms with Crippen LogP contribution in [0.1, 0.15) is 16.7 Å². The number of hydrogen-bond acceptors (Lipinski definition) is 4. The lowest BCUT2D eigenvalue weighted by Crippen LogP contribution is -2.02. The van der Waals surface area contributed by atoms with E-state index in [1.54, 1.807) is 13.1 Å². The average Bonchev–Trinajstić information content (AvgIpc) is 2.43. The van der Waals surface area contributed by atoms with E-state index in [2.05, 4.69) is 11.4 Å². The number of nitrogens with zero attached hydrogens (tertiary/aromatic N) is 1. The number of ether oxygens (including phenoxy) is 1. The third kappa shape index (κ3) is 3.72. The van der Waals surface area contributed by atoms with Crippen LogP contribution in [-0.2, 0) is 6.61 Å². The topological polar surface area (TPSA) is 64.4 Å². The predicted molar refractivity (Wildman–Crippen MR) is 82.9 cm³/mol. The molecular weight excluding hydrogens is 268 g/mol. The Morgan fingerprint density at radius 3 is 2.38 bits per heavy atom. The van der Waals surface area contributed by atoms with Gasteiger partial charge >= 0.3 is 0 Å². The highest BCUT2D eigenvalue weighted by molar-refractivity contribution is 5.55. The van der Waals surface area contributed by atoms with Gasteiger partial charge in [0.1, 0.15) is 12.4 Å². The molecule has 0 amide bonds. The van der Waals surface area contributed by atoms with Crippen LogP contribution < -0.4 is 10.1 Å². The third-order valence-corrected chi connectivity index (χ3v) is 3.16. The summed E-state index contributed by atoms with van der Waals surface area (Å²) >= 11 is 0. The molecular formula is C16H18N2O3.